The highest BCUT2D eigenvalue weighted by Crippen LogP contribution is 2.42. The topological polar surface area (TPSA) is 38.7 Å². The number of para-hydroxylation sites is 1. The molecule has 3 aromatic carbocycles. The zero-order valence-corrected chi connectivity index (χ0v) is 17.3. The summed E-state index contributed by atoms with van der Waals surface area (Å²) in [5.41, 5.74) is 2.22. The number of ether oxygens (including phenoxy) is 2. The molecule has 2 unspecified atom stereocenters. The van der Waals surface area contributed by atoms with E-state index in [-0.39, 0.29) is 18.0 Å². The van der Waals surface area contributed by atoms with Gasteiger partial charge >= 0.3 is 0 Å². The van der Waals surface area contributed by atoms with Crippen molar-refractivity contribution in [2.75, 3.05) is 0 Å². The summed E-state index contributed by atoms with van der Waals surface area (Å²) < 4.78 is 12.7. The SMILES string of the molecule is CCCC(Oc1cccc(O)c1OC(CCC)c1ccccc1)c1ccccc1. The Morgan fingerprint density at radius 1 is 0.655 bits per heavy atom. The van der Waals surface area contributed by atoms with Crippen LogP contribution in [0.2, 0.25) is 0 Å². The monoisotopic (exact) mass is 390 g/mol. The number of benzene rings is 3. The van der Waals surface area contributed by atoms with Crippen LogP contribution < -0.4 is 9.47 Å². The number of phenols is 1. The third-order valence-electron chi connectivity index (χ3n) is 4.93. The van der Waals surface area contributed by atoms with Gasteiger partial charge in [0, 0.05) is 0 Å². The first-order valence-corrected chi connectivity index (χ1v) is 10.5. The molecule has 3 nitrogen and oxygen atoms in total. The molecule has 0 aliphatic rings. The Morgan fingerprint density at radius 3 is 1.69 bits per heavy atom. The Labute approximate surface area is 173 Å². The van der Waals surface area contributed by atoms with E-state index in [0.29, 0.717) is 11.5 Å². The molecule has 3 rings (SSSR count). The van der Waals surface area contributed by atoms with Gasteiger partial charge in [-0.3, -0.25) is 0 Å². The fraction of sp³-hybridized carbons (Fsp3) is 0.308. The predicted molar refractivity (Wildman–Crippen MR) is 118 cm³/mol. The zero-order chi connectivity index (χ0) is 20.5. The molecular formula is C26H30O3. The molecule has 0 bridgehead atoms. The molecule has 0 fully saturated rings. The van der Waals surface area contributed by atoms with Crippen molar-refractivity contribution in [1.82, 2.24) is 0 Å². The van der Waals surface area contributed by atoms with E-state index in [9.17, 15) is 5.11 Å². The van der Waals surface area contributed by atoms with E-state index in [1.54, 1.807) is 12.1 Å². The minimum atomic E-state index is -0.141. The second kappa shape index (κ2) is 10.6. The van der Waals surface area contributed by atoms with Crippen molar-refractivity contribution in [2.24, 2.45) is 0 Å². The van der Waals surface area contributed by atoms with Crippen molar-refractivity contribution >= 4 is 0 Å². The molecule has 152 valence electrons. The molecule has 0 radical (unpaired) electrons. The standard InChI is InChI=1S/C26H30O3/c1-3-12-23(20-14-7-5-8-15-20)28-25-19-11-18-22(27)26(25)29-24(13-4-2)21-16-9-6-10-17-21/h5-11,14-19,23-24,27H,3-4,12-13H2,1-2H3. The summed E-state index contributed by atoms with van der Waals surface area (Å²) in [6, 6.07) is 25.6. The molecule has 0 saturated heterocycles. The maximum atomic E-state index is 10.6. The predicted octanol–water partition coefficient (Wildman–Crippen LogP) is 7.23. The highest BCUT2D eigenvalue weighted by Gasteiger charge is 2.21. The number of hydrogen-bond acceptors (Lipinski definition) is 3. The van der Waals surface area contributed by atoms with Crippen molar-refractivity contribution in [3.05, 3.63) is 90.0 Å². The largest absolute Gasteiger partial charge is 0.504 e. The van der Waals surface area contributed by atoms with E-state index < -0.39 is 0 Å². The van der Waals surface area contributed by atoms with Crippen molar-refractivity contribution in [3.63, 3.8) is 0 Å². The Kier molecular flexibility index (Phi) is 7.57. The van der Waals surface area contributed by atoms with Gasteiger partial charge in [0.05, 0.1) is 0 Å². The molecule has 0 aliphatic carbocycles. The molecule has 3 heteroatoms. The van der Waals surface area contributed by atoms with Crippen LogP contribution in [-0.2, 0) is 0 Å². The zero-order valence-electron chi connectivity index (χ0n) is 17.3. The lowest BCUT2D eigenvalue weighted by Gasteiger charge is -2.24. The molecule has 0 aliphatic heterocycles. The summed E-state index contributed by atoms with van der Waals surface area (Å²) in [5.74, 6) is 1.08. The number of aromatic hydroxyl groups is 1. The van der Waals surface area contributed by atoms with Gasteiger partial charge in [-0.25, -0.2) is 0 Å². The van der Waals surface area contributed by atoms with Crippen LogP contribution in [-0.4, -0.2) is 5.11 Å². The van der Waals surface area contributed by atoms with E-state index in [0.717, 1.165) is 36.8 Å². The molecule has 0 spiro atoms. The van der Waals surface area contributed by atoms with Gasteiger partial charge in [0.25, 0.3) is 0 Å². The maximum absolute atomic E-state index is 10.6. The fourth-order valence-electron chi connectivity index (χ4n) is 3.46. The van der Waals surface area contributed by atoms with Gasteiger partial charge in [0.15, 0.2) is 11.5 Å². The fourth-order valence-corrected chi connectivity index (χ4v) is 3.46. The lowest BCUT2D eigenvalue weighted by Crippen LogP contribution is -2.11. The Hall–Kier alpha value is -2.94. The third kappa shape index (κ3) is 5.54. The first-order valence-electron chi connectivity index (χ1n) is 10.5. The van der Waals surface area contributed by atoms with Crippen LogP contribution in [0.1, 0.15) is 62.9 Å². The van der Waals surface area contributed by atoms with Gasteiger partial charge in [-0.05, 0) is 36.1 Å². The van der Waals surface area contributed by atoms with E-state index >= 15 is 0 Å². The van der Waals surface area contributed by atoms with Crippen LogP contribution in [0.4, 0.5) is 0 Å². The van der Waals surface area contributed by atoms with E-state index in [2.05, 4.69) is 38.1 Å². The highest BCUT2D eigenvalue weighted by atomic mass is 16.5. The molecule has 0 amide bonds. The third-order valence-corrected chi connectivity index (χ3v) is 4.93. The molecule has 0 saturated carbocycles. The maximum Gasteiger partial charge on any atom is 0.203 e. The quantitative estimate of drug-likeness (QED) is 0.397. The van der Waals surface area contributed by atoms with E-state index in [1.165, 1.54) is 0 Å². The van der Waals surface area contributed by atoms with Crippen LogP contribution >= 0.6 is 0 Å². The van der Waals surface area contributed by atoms with Crippen LogP contribution in [0.5, 0.6) is 17.2 Å². The molecule has 3 aromatic rings. The first-order chi connectivity index (χ1) is 14.2. The van der Waals surface area contributed by atoms with Crippen molar-refractivity contribution in [3.8, 4) is 17.2 Å². The summed E-state index contributed by atoms with van der Waals surface area (Å²) in [6.45, 7) is 4.28. The molecule has 29 heavy (non-hydrogen) atoms. The van der Waals surface area contributed by atoms with Crippen molar-refractivity contribution in [1.29, 1.82) is 0 Å². The van der Waals surface area contributed by atoms with Crippen molar-refractivity contribution in [2.45, 2.75) is 51.7 Å². The summed E-state index contributed by atoms with van der Waals surface area (Å²) in [5, 5.41) is 10.6. The number of hydrogen-bond donors (Lipinski definition) is 1. The van der Waals surface area contributed by atoms with Crippen LogP contribution in [0.25, 0.3) is 0 Å². The second-order valence-electron chi connectivity index (χ2n) is 7.22. The van der Waals surface area contributed by atoms with Gasteiger partial charge < -0.3 is 14.6 Å². The normalized spacial score (nSPS) is 12.9. The van der Waals surface area contributed by atoms with Crippen LogP contribution in [0, 0.1) is 0 Å². The van der Waals surface area contributed by atoms with Gasteiger partial charge in [0.2, 0.25) is 5.75 Å². The summed E-state index contributed by atoms with van der Waals surface area (Å²) >= 11 is 0. The van der Waals surface area contributed by atoms with E-state index in [4.69, 9.17) is 9.47 Å². The Morgan fingerprint density at radius 2 is 1.17 bits per heavy atom. The average Bonchev–Trinajstić information content (AvgIpc) is 2.76. The van der Waals surface area contributed by atoms with Gasteiger partial charge in [-0.1, -0.05) is 93.4 Å². The van der Waals surface area contributed by atoms with Crippen LogP contribution in [0.3, 0.4) is 0 Å². The molecule has 2 atom stereocenters. The summed E-state index contributed by atoms with van der Waals surface area (Å²) in [6.07, 6.45) is 3.48. The Bertz CT molecular complexity index is 862. The molecule has 1 N–H and O–H groups in total. The Balaban J connectivity index is 1.90. The van der Waals surface area contributed by atoms with Gasteiger partial charge in [-0.2, -0.15) is 0 Å². The number of phenolic OH excluding ortho intramolecular Hbond substituents is 1. The van der Waals surface area contributed by atoms with Gasteiger partial charge in [0.1, 0.15) is 12.2 Å². The molecule has 0 heterocycles. The van der Waals surface area contributed by atoms with E-state index in [1.807, 2.05) is 42.5 Å². The molecular weight excluding hydrogens is 360 g/mol. The highest BCUT2D eigenvalue weighted by molar-refractivity contribution is 5.51. The summed E-state index contributed by atoms with van der Waals surface area (Å²) in [4.78, 5) is 0. The van der Waals surface area contributed by atoms with Gasteiger partial charge in [-0.15, -0.1) is 0 Å². The number of rotatable bonds is 10. The average molecular weight is 391 g/mol. The summed E-state index contributed by atoms with van der Waals surface area (Å²) in [7, 11) is 0. The lowest BCUT2D eigenvalue weighted by molar-refractivity contribution is 0.150. The first kappa shape index (κ1) is 20.8. The van der Waals surface area contributed by atoms with Crippen LogP contribution in [0.15, 0.2) is 78.9 Å². The lowest BCUT2D eigenvalue weighted by atomic mass is 10.0. The second-order valence-corrected chi connectivity index (χ2v) is 7.22. The minimum absolute atomic E-state index is 0.0910. The minimum Gasteiger partial charge on any atom is -0.504 e. The smallest absolute Gasteiger partial charge is 0.203 e. The van der Waals surface area contributed by atoms with Crippen molar-refractivity contribution < 1.29 is 14.6 Å². The molecule has 0 aromatic heterocycles.